The molecule has 1 fully saturated rings. The first kappa shape index (κ1) is 17.4. The maximum absolute atomic E-state index is 12.4. The molecule has 1 amide bonds. The Morgan fingerprint density at radius 1 is 1.52 bits per heavy atom. The largest absolute Gasteiger partial charge is 0.338 e. The van der Waals surface area contributed by atoms with Crippen molar-refractivity contribution < 1.29 is 9.72 Å². The van der Waals surface area contributed by atoms with Crippen LogP contribution >= 0.6 is 12.4 Å². The standard InChI is InChI=1S/C14H19N3O3.ClH/c1-9-3-4-11(7-13(9)17(19)20)14(18)16-6-5-12(8-16)10(2)15;/h3-4,7,10,12H,5-6,8,15H2,1-2H3;1H. The molecule has 0 saturated carbocycles. The summed E-state index contributed by atoms with van der Waals surface area (Å²) in [6.45, 7) is 4.88. The van der Waals surface area contributed by atoms with Gasteiger partial charge in [0.05, 0.1) is 4.92 Å². The Kier molecular flexibility index (Phi) is 5.69. The molecule has 6 nitrogen and oxygen atoms in total. The van der Waals surface area contributed by atoms with E-state index in [1.165, 1.54) is 6.07 Å². The van der Waals surface area contributed by atoms with Gasteiger partial charge >= 0.3 is 0 Å². The molecule has 1 aromatic carbocycles. The monoisotopic (exact) mass is 313 g/mol. The maximum atomic E-state index is 12.4. The van der Waals surface area contributed by atoms with Crippen molar-refractivity contribution in [3.05, 3.63) is 39.4 Å². The molecule has 116 valence electrons. The summed E-state index contributed by atoms with van der Waals surface area (Å²) >= 11 is 0. The number of nitro groups is 1. The van der Waals surface area contributed by atoms with Crippen molar-refractivity contribution in [2.24, 2.45) is 11.7 Å². The van der Waals surface area contributed by atoms with Crippen molar-refractivity contribution in [3.8, 4) is 0 Å². The normalized spacial score (nSPS) is 19.0. The molecule has 2 rings (SSSR count). The van der Waals surface area contributed by atoms with Crippen molar-refractivity contribution in [2.75, 3.05) is 13.1 Å². The van der Waals surface area contributed by atoms with Gasteiger partial charge in [0, 0.05) is 36.3 Å². The average molecular weight is 314 g/mol. The van der Waals surface area contributed by atoms with Gasteiger partial charge in [0.1, 0.15) is 0 Å². The Balaban J connectivity index is 0.00000220. The van der Waals surface area contributed by atoms with Crippen molar-refractivity contribution in [1.82, 2.24) is 4.90 Å². The van der Waals surface area contributed by atoms with Crippen molar-refractivity contribution in [2.45, 2.75) is 26.3 Å². The molecular weight excluding hydrogens is 294 g/mol. The minimum absolute atomic E-state index is 0. The molecule has 7 heteroatoms. The average Bonchev–Trinajstić information content (AvgIpc) is 2.87. The van der Waals surface area contributed by atoms with Crippen LogP contribution < -0.4 is 5.73 Å². The highest BCUT2D eigenvalue weighted by molar-refractivity contribution is 5.95. The molecule has 2 N–H and O–H groups in total. The Morgan fingerprint density at radius 2 is 2.19 bits per heavy atom. The van der Waals surface area contributed by atoms with E-state index in [0.717, 1.165) is 6.42 Å². The maximum Gasteiger partial charge on any atom is 0.273 e. The Hall–Kier alpha value is -1.66. The van der Waals surface area contributed by atoms with Gasteiger partial charge in [-0.15, -0.1) is 12.4 Å². The van der Waals surface area contributed by atoms with Crippen LogP contribution in [0.4, 0.5) is 5.69 Å². The van der Waals surface area contributed by atoms with E-state index in [0.29, 0.717) is 30.1 Å². The fourth-order valence-corrected chi connectivity index (χ4v) is 2.52. The van der Waals surface area contributed by atoms with E-state index in [9.17, 15) is 14.9 Å². The first-order valence-corrected chi connectivity index (χ1v) is 6.70. The topological polar surface area (TPSA) is 89.5 Å². The summed E-state index contributed by atoms with van der Waals surface area (Å²) in [6.07, 6.45) is 0.886. The number of nitrogens with zero attached hydrogens (tertiary/aromatic N) is 2. The highest BCUT2D eigenvalue weighted by atomic mass is 35.5. The summed E-state index contributed by atoms with van der Waals surface area (Å²) in [5.41, 5.74) is 6.77. The molecule has 2 atom stereocenters. The number of benzene rings is 1. The SMILES string of the molecule is Cc1ccc(C(=O)N2CCC(C(C)N)C2)cc1[N+](=O)[O-].Cl. The van der Waals surface area contributed by atoms with Gasteiger partial charge in [-0.1, -0.05) is 6.07 Å². The molecule has 1 heterocycles. The third-order valence-electron chi connectivity index (χ3n) is 3.91. The number of amides is 1. The van der Waals surface area contributed by atoms with Crippen LogP contribution in [-0.2, 0) is 0 Å². The molecule has 0 radical (unpaired) electrons. The Labute approximate surface area is 129 Å². The van der Waals surface area contributed by atoms with Crippen LogP contribution in [-0.4, -0.2) is 34.9 Å². The van der Waals surface area contributed by atoms with Crippen molar-refractivity contribution >= 4 is 24.0 Å². The number of carbonyl (C=O) groups is 1. The second-order valence-corrected chi connectivity index (χ2v) is 5.42. The van der Waals surface area contributed by atoms with Crippen LogP contribution in [0.3, 0.4) is 0 Å². The van der Waals surface area contributed by atoms with E-state index in [2.05, 4.69) is 0 Å². The van der Waals surface area contributed by atoms with Gasteiger partial charge in [0.2, 0.25) is 0 Å². The van der Waals surface area contributed by atoms with E-state index < -0.39 is 4.92 Å². The summed E-state index contributed by atoms with van der Waals surface area (Å²) in [5.74, 6) is 0.149. The van der Waals surface area contributed by atoms with Gasteiger partial charge in [0.15, 0.2) is 0 Å². The van der Waals surface area contributed by atoms with E-state index in [-0.39, 0.29) is 30.0 Å². The molecule has 1 aromatic rings. The molecule has 21 heavy (non-hydrogen) atoms. The number of likely N-dealkylation sites (tertiary alicyclic amines) is 1. The number of carbonyl (C=O) groups excluding carboxylic acids is 1. The number of nitro benzene ring substituents is 1. The molecule has 1 aliphatic heterocycles. The van der Waals surface area contributed by atoms with Crippen molar-refractivity contribution in [1.29, 1.82) is 0 Å². The lowest BCUT2D eigenvalue weighted by Crippen LogP contribution is -2.33. The summed E-state index contributed by atoms with van der Waals surface area (Å²) in [4.78, 5) is 24.6. The molecule has 1 saturated heterocycles. The van der Waals surface area contributed by atoms with Gasteiger partial charge in [-0.25, -0.2) is 0 Å². The van der Waals surface area contributed by atoms with Gasteiger partial charge in [0.25, 0.3) is 11.6 Å². The van der Waals surface area contributed by atoms with E-state index in [1.807, 2.05) is 6.92 Å². The lowest BCUT2D eigenvalue weighted by atomic mass is 10.0. The summed E-state index contributed by atoms with van der Waals surface area (Å²) < 4.78 is 0. The van der Waals surface area contributed by atoms with E-state index in [1.54, 1.807) is 24.0 Å². The van der Waals surface area contributed by atoms with Gasteiger partial charge in [-0.05, 0) is 32.3 Å². The van der Waals surface area contributed by atoms with Crippen LogP contribution in [0.15, 0.2) is 18.2 Å². The smallest absolute Gasteiger partial charge is 0.273 e. The van der Waals surface area contributed by atoms with Gasteiger partial charge in [-0.3, -0.25) is 14.9 Å². The Bertz CT molecular complexity index is 548. The molecule has 2 unspecified atom stereocenters. The van der Waals surface area contributed by atoms with Crippen molar-refractivity contribution in [3.63, 3.8) is 0 Å². The zero-order valence-electron chi connectivity index (χ0n) is 12.1. The minimum atomic E-state index is -0.457. The number of hydrogen-bond donors (Lipinski definition) is 1. The number of halogens is 1. The van der Waals surface area contributed by atoms with E-state index in [4.69, 9.17) is 5.73 Å². The first-order chi connectivity index (χ1) is 9.40. The number of nitrogens with two attached hydrogens (primary N) is 1. The predicted octanol–water partition coefficient (Wildman–Crippen LogP) is 2.13. The van der Waals surface area contributed by atoms with Crippen LogP contribution in [0, 0.1) is 23.0 Å². The fourth-order valence-electron chi connectivity index (χ4n) is 2.52. The highest BCUT2D eigenvalue weighted by Crippen LogP contribution is 2.24. The minimum Gasteiger partial charge on any atom is -0.338 e. The van der Waals surface area contributed by atoms with Crippen LogP contribution in [0.5, 0.6) is 0 Å². The summed E-state index contributed by atoms with van der Waals surface area (Å²) in [6, 6.07) is 4.67. The fraction of sp³-hybridized carbons (Fsp3) is 0.500. The highest BCUT2D eigenvalue weighted by Gasteiger charge is 2.29. The second kappa shape index (κ2) is 6.87. The quantitative estimate of drug-likeness (QED) is 0.683. The second-order valence-electron chi connectivity index (χ2n) is 5.42. The number of rotatable bonds is 3. The lowest BCUT2D eigenvalue weighted by Gasteiger charge is -2.18. The summed E-state index contributed by atoms with van der Waals surface area (Å²) in [5, 5.41) is 10.9. The van der Waals surface area contributed by atoms with Gasteiger partial charge in [-0.2, -0.15) is 0 Å². The molecule has 0 aliphatic carbocycles. The van der Waals surface area contributed by atoms with E-state index >= 15 is 0 Å². The molecule has 0 bridgehead atoms. The number of hydrogen-bond acceptors (Lipinski definition) is 4. The van der Waals surface area contributed by atoms with Crippen LogP contribution in [0.1, 0.15) is 29.3 Å². The molecule has 0 spiro atoms. The lowest BCUT2D eigenvalue weighted by molar-refractivity contribution is -0.385. The van der Waals surface area contributed by atoms with Crippen LogP contribution in [0.25, 0.3) is 0 Å². The number of aryl methyl sites for hydroxylation is 1. The molecule has 1 aliphatic rings. The van der Waals surface area contributed by atoms with Crippen LogP contribution in [0.2, 0.25) is 0 Å². The molecular formula is C14H20ClN3O3. The summed E-state index contributed by atoms with van der Waals surface area (Å²) in [7, 11) is 0. The van der Waals surface area contributed by atoms with Gasteiger partial charge < -0.3 is 10.6 Å². The molecule has 0 aromatic heterocycles. The third-order valence-corrected chi connectivity index (χ3v) is 3.91. The zero-order valence-corrected chi connectivity index (χ0v) is 12.9. The Morgan fingerprint density at radius 3 is 2.71 bits per heavy atom. The first-order valence-electron chi connectivity index (χ1n) is 6.70. The predicted molar refractivity (Wildman–Crippen MR) is 82.7 cm³/mol. The zero-order chi connectivity index (χ0) is 14.9. The third kappa shape index (κ3) is 3.71.